The van der Waals surface area contributed by atoms with Gasteiger partial charge in [-0.25, -0.2) is 25.0 Å². The van der Waals surface area contributed by atoms with Crippen molar-refractivity contribution in [2.45, 2.75) is 51.5 Å². The Hall–Kier alpha value is -3.76. The SMILES string of the molecule is [C-]#[N+]C1CCN(c2nc(C)cc(-c3nnc(-c4ccc(NS(=O)(=O)CCO)cc4N4CCC5(CC4)CC5)o3)n2)CC1. The molecule has 0 unspecified atom stereocenters. The van der Waals surface area contributed by atoms with E-state index in [9.17, 15) is 8.42 Å². The van der Waals surface area contributed by atoms with E-state index in [0.29, 0.717) is 34.2 Å². The Labute approximate surface area is 239 Å². The predicted octanol–water partition coefficient (Wildman–Crippen LogP) is 3.50. The highest BCUT2D eigenvalue weighted by atomic mass is 32.2. The van der Waals surface area contributed by atoms with Crippen LogP contribution in [0.25, 0.3) is 27.9 Å². The molecule has 0 amide bonds. The highest BCUT2D eigenvalue weighted by Crippen LogP contribution is 2.54. The fourth-order valence-electron chi connectivity index (χ4n) is 5.72. The zero-order valence-corrected chi connectivity index (χ0v) is 23.9. The maximum Gasteiger partial charge on any atom is 0.266 e. The number of nitrogens with zero attached hydrogens (tertiary/aromatic N) is 7. The van der Waals surface area contributed by atoms with Crippen LogP contribution < -0.4 is 14.5 Å². The number of nitrogens with one attached hydrogen (secondary N) is 1. The molecule has 12 nitrogen and oxygen atoms in total. The van der Waals surface area contributed by atoms with Crippen molar-refractivity contribution in [2.75, 3.05) is 53.1 Å². The van der Waals surface area contributed by atoms with E-state index in [2.05, 4.69) is 34.5 Å². The van der Waals surface area contributed by atoms with Crippen LogP contribution in [0.5, 0.6) is 0 Å². The zero-order valence-electron chi connectivity index (χ0n) is 23.1. The summed E-state index contributed by atoms with van der Waals surface area (Å²) in [6, 6.07) is 7.13. The number of benzene rings is 1. The molecule has 216 valence electrons. The van der Waals surface area contributed by atoms with Crippen LogP contribution in [0.1, 0.15) is 44.2 Å². The molecule has 1 saturated carbocycles. The normalized spacial score (nSPS) is 18.9. The monoisotopic (exact) mass is 578 g/mol. The van der Waals surface area contributed by atoms with E-state index in [0.717, 1.165) is 63.2 Å². The van der Waals surface area contributed by atoms with Crippen LogP contribution in [-0.4, -0.2) is 78.3 Å². The van der Waals surface area contributed by atoms with Gasteiger partial charge in [0.25, 0.3) is 5.89 Å². The number of hydrogen-bond donors (Lipinski definition) is 2. The second-order valence-corrected chi connectivity index (χ2v) is 13.2. The van der Waals surface area contributed by atoms with Crippen molar-refractivity contribution in [3.05, 3.63) is 41.4 Å². The summed E-state index contributed by atoms with van der Waals surface area (Å²) in [7, 11) is -3.68. The van der Waals surface area contributed by atoms with Crippen molar-refractivity contribution < 1.29 is 17.9 Å². The summed E-state index contributed by atoms with van der Waals surface area (Å²) in [6.45, 7) is 11.9. The number of aliphatic hydroxyl groups is 1. The van der Waals surface area contributed by atoms with Gasteiger partial charge in [-0.2, -0.15) is 0 Å². The molecule has 2 N–H and O–H groups in total. The number of sulfonamides is 1. The molecule has 0 radical (unpaired) electrons. The van der Waals surface area contributed by atoms with Gasteiger partial charge in [0.1, 0.15) is 5.69 Å². The Kier molecular flexibility index (Phi) is 7.29. The summed E-state index contributed by atoms with van der Waals surface area (Å²) >= 11 is 0. The fourth-order valence-corrected chi connectivity index (χ4v) is 6.55. The molecule has 1 aliphatic carbocycles. The van der Waals surface area contributed by atoms with Gasteiger partial charge in [-0.15, -0.1) is 10.2 Å². The Balaban J connectivity index is 1.30. The van der Waals surface area contributed by atoms with Crippen molar-refractivity contribution in [1.29, 1.82) is 0 Å². The van der Waals surface area contributed by atoms with Crippen LogP contribution >= 0.6 is 0 Å². The number of aryl methyl sites for hydroxylation is 1. The smallest absolute Gasteiger partial charge is 0.266 e. The molecule has 0 bridgehead atoms. The summed E-state index contributed by atoms with van der Waals surface area (Å²) in [5, 5.41) is 17.8. The van der Waals surface area contributed by atoms with Crippen LogP contribution in [0.2, 0.25) is 0 Å². The number of anilines is 3. The minimum atomic E-state index is -3.68. The summed E-state index contributed by atoms with van der Waals surface area (Å²) in [4.78, 5) is 17.4. The van der Waals surface area contributed by atoms with Gasteiger partial charge in [-0.1, -0.05) is 0 Å². The molecule has 1 spiro atoms. The van der Waals surface area contributed by atoms with E-state index < -0.39 is 16.6 Å². The second kappa shape index (κ2) is 10.9. The molecule has 41 heavy (non-hydrogen) atoms. The average Bonchev–Trinajstić information content (AvgIpc) is 3.53. The van der Waals surface area contributed by atoms with Gasteiger partial charge < -0.3 is 24.2 Å². The van der Waals surface area contributed by atoms with Gasteiger partial charge in [0, 0.05) is 44.7 Å². The number of aromatic nitrogens is 4. The second-order valence-electron chi connectivity index (χ2n) is 11.3. The Morgan fingerprint density at radius 2 is 1.78 bits per heavy atom. The van der Waals surface area contributed by atoms with E-state index in [1.807, 2.05) is 13.0 Å². The van der Waals surface area contributed by atoms with E-state index in [4.69, 9.17) is 21.1 Å². The molecule has 2 saturated heterocycles. The first-order chi connectivity index (χ1) is 19.8. The lowest BCUT2D eigenvalue weighted by Crippen LogP contribution is -2.36. The van der Waals surface area contributed by atoms with Crippen LogP contribution in [0.3, 0.4) is 0 Å². The quantitative estimate of drug-likeness (QED) is 0.381. The van der Waals surface area contributed by atoms with E-state index in [1.165, 1.54) is 12.8 Å². The van der Waals surface area contributed by atoms with Gasteiger partial charge in [0.05, 0.1) is 29.3 Å². The molecule has 3 fully saturated rings. The molecular weight excluding hydrogens is 544 g/mol. The number of aliphatic hydroxyl groups excluding tert-OH is 1. The third-order valence-electron chi connectivity index (χ3n) is 8.40. The lowest BCUT2D eigenvalue weighted by atomic mass is 9.93. The standard InChI is InChI=1S/C28H34N8O4S/c1-19-17-23(31-27(30-19)36-11-5-20(29-2)6-12-36)26-33-32-25(40-26)22-4-3-21(34-41(38,39)16-15-37)18-24(22)35-13-9-28(7-8-28)10-14-35/h3-4,17-18,20,34,37H,5-16H2,1H3. The van der Waals surface area contributed by atoms with Gasteiger partial charge in [0.2, 0.25) is 27.9 Å². The first-order valence-electron chi connectivity index (χ1n) is 14.1. The minimum Gasteiger partial charge on any atom is -0.415 e. The van der Waals surface area contributed by atoms with Crippen LogP contribution in [0.4, 0.5) is 17.3 Å². The van der Waals surface area contributed by atoms with E-state index in [-0.39, 0.29) is 17.7 Å². The topological polar surface area (TPSA) is 142 Å². The number of hydrogen-bond acceptors (Lipinski definition) is 10. The molecule has 0 atom stereocenters. The van der Waals surface area contributed by atoms with Crippen molar-refractivity contribution in [3.63, 3.8) is 0 Å². The lowest BCUT2D eigenvalue weighted by molar-refractivity contribution is 0.320. The van der Waals surface area contributed by atoms with Gasteiger partial charge in [-0.3, -0.25) is 4.72 Å². The number of piperidine rings is 2. The first-order valence-corrected chi connectivity index (χ1v) is 15.7. The average molecular weight is 579 g/mol. The summed E-state index contributed by atoms with van der Waals surface area (Å²) in [5.41, 5.74) is 3.74. The third-order valence-corrected chi connectivity index (χ3v) is 9.67. The number of rotatable bonds is 8. The largest absolute Gasteiger partial charge is 0.415 e. The summed E-state index contributed by atoms with van der Waals surface area (Å²) in [5.74, 6) is 0.811. The van der Waals surface area contributed by atoms with E-state index in [1.54, 1.807) is 18.2 Å². The predicted molar refractivity (Wildman–Crippen MR) is 155 cm³/mol. The van der Waals surface area contributed by atoms with Gasteiger partial charge >= 0.3 is 0 Å². The van der Waals surface area contributed by atoms with Crippen molar-refractivity contribution in [2.24, 2.45) is 5.41 Å². The van der Waals surface area contributed by atoms with Gasteiger partial charge in [-0.05, 0) is 62.3 Å². The van der Waals surface area contributed by atoms with Crippen molar-refractivity contribution in [3.8, 4) is 23.0 Å². The lowest BCUT2D eigenvalue weighted by Gasteiger charge is -2.35. The maximum absolute atomic E-state index is 12.3. The molecule has 13 heteroatoms. The minimum absolute atomic E-state index is 0.0503. The van der Waals surface area contributed by atoms with Crippen LogP contribution in [-0.2, 0) is 10.0 Å². The molecule has 2 aliphatic heterocycles. The molecular formula is C28H34N8O4S. The molecule has 2 aromatic heterocycles. The molecule has 6 rings (SSSR count). The zero-order chi connectivity index (χ0) is 28.6. The van der Waals surface area contributed by atoms with Crippen molar-refractivity contribution in [1.82, 2.24) is 20.2 Å². The fraction of sp³-hybridized carbons (Fsp3) is 0.536. The van der Waals surface area contributed by atoms with Crippen LogP contribution in [0.15, 0.2) is 28.7 Å². The highest BCUT2D eigenvalue weighted by molar-refractivity contribution is 7.92. The van der Waals surface area contributed by atoms with Crippen molar-refractivity contribution >= 4 is 27.3 Å². The molecule has 3 aromatic rings. The Bertz CT molecular complexity index is 1560. The van der Waals surface area contributed by atoms with E-state index >= 15 is 0 Å². The molecule has 1 aromatic carbocycles. The summed E-state index contributed by atoms with van der Waals surface area (Å²) < 4.78 is 33.4. The Morgan fingerprint density at radius 1 is 1.05 bits per heavy atom. The first kappa shape index (κ1) is 27.4. The van der Waals surface area contributed by atoms with Crippen LogP contribution in [0, 0.1) is 18.9 Å². The maximum atomic E-state index is 12.3. The molecule has 4 heterocycles. The molecule has 3 aliphatic rings. The van der Waals surface area contributed by atoms with Gasteiger partial charge in [0.15, 0.2) is 0 Å². The Morgan fingerprint density at radius 3 is 2.46 bits per heavy atom. The highest BCUT2D eigenvalue weighted by Gasteiger charge is 2.44. The summed E-state index contributed by atoms with van der Waals surface area (Å²) in [6.07, 6.45) is 6.32. The third kappa shape index (κ3) is 5.99.